The van der Waals surface area contributed by atoms with E-state index in [-0.39, 0.29) is 21.9 Å². The van der Waals surface area contributed by atoms with E-state index in [0.717, 1.165) is 27.7 Å². The van der Waals surface area contributed by atoms with E-state index < -0.39 is 10.0 Å². The Morgan fingerprint density at radius 3 is 2.48 bits per heavy atom. The van der Waals surface area contributed by atoms with Crippen LogP contribution in [-0.4, -0.2) is 31.1 Å². The van der Waals surface area contributed by atoms with E-state index in [1.165, 1.54) is 4.31 Å². The smallest absolute Gasteiger partial charge is 0.293 e. The van der Waals surface area contributed by atoms with Gasteiger partial charge in [-0.3, -0.25) is 14.4 Å². The highest BCUT2D eigenvalue weighted by Crippen LogP contribution is 2.29. The average molecular weight is 453 g/mol. The zero-order valence-electron chi connectivity index (χ0n) is 16.9. The number of hydrogen-bond acceptors (Lipinski definition) is 6. The van der Waals surface area contributed by atoms with Gasteiger partial charge in [-0.25, -0.2) is 0 Å². The van der Waals surface area contributed by atoms with Gasteiger partial charge >= 0.3 is 0 Å². The number of rotatable bonds is 6. The zero-order chi connectivity index (χ0) is 22.0. The molecule has 1 heterocycles. The number of nitrogens with zero attached hydrogens (tertiary/aromatic N) is 3. The number of aryl methyl sites for hydroxylation is 1. The molecule has 0 spiro atoms. The van der Waals surface area contributed by atoms with Crippen molar-refractivity contribution in [3.8, 4) is 0 Å². The number of carbonyl (C=O) groups is 1. The summed E-state index contributed by atoms with van der Waals surface area (Å²) in [6.45, 7) is 3.85. The van der Waals surface area contributed by atoms with E-state index in [1.807, 2.05) is 49.4 Å². The molecule has 0 atom stereocenters. The minimum absolute atomic E-state index is 0.123. The molecule has 7 nitrogen and oxygen atoms in total. The predicted octanol–water partition coefficient (Wildman–Crippen LogP) is 4.47. The van der Waals surface area contributed by atoms with Gasteiger partial charge < -0.3 is 0 Å². The molecule has 0 aliphatic carbocycles. The normalized spacial score (nSPS) is 11.4. The Bertz CT molecular complexity index is 1360. The van der Waals surface area contributed by atoms with Crippen molar-refractivity contribution in [2.45, 2.75) is 18.2 Å². The fourth-order valence-electron chi connectivity index (χ4n) is 3.36. The lowest BCUT2D eigenvalue weighted by Gasteiger charge is -2.22. The van der Waals surface area contributed by atoms with Crippen LogP contribution in [0.3, 0.4) is 0 Å². The molecule has 31 heavy (non-hydrogen) atoms. The lowest BCUT2D eigenvalue weighted by molar-refractivity contribution is 0.102. The number of hydrogen-bond donors (Lipinski definition) is 1. The Morgan fingerprint density at radius 1 is 1.00 bits per heavy atom. The van der Waals surface area contributed by atoms with Crippen LogP contribution in [0.4, 0.5) is 10.8 Å². The largest absolute Gasteiger partial charge is 0.296 e. The van der Waals surface area contributed by atoms with Crippen LogP contribution < -0.4 is 9.62 Å². The number of aromatic nitrogens is 2. The number of nitrogens with one attached hydrogen (secondary N) is 1. The van der Waals surface area contributed by atoms with Gasteiger partial charge in [0, 0.05) is 12.1 Å². The molecular weight excluding hydrogens is 432 g/mol. The standard InChI is InChI=1S/C22H20N4O3S2/c1-3-26(19-14-7-4-9-15(19)2)31(28,29)22-25-24-21(30-22)23-20(27)18-13-8-11-16-10-5-6-12-17(16)18/h4-14H,3H2,1-2H3,(H,23,24,27). The highest BCUT2D eigenvalue weighted by atomic mass is 32.2. The lowest BCUT2D eigenvalue weighted by Crippen LogP contribution is -2.31. The third-order valence-electron chi connectivity index (χ3n) is 4.84. The molecule has 0 bridgehead atoms. The number of para-hydroxylation sites is 1. The number of amides is 1. The SMILES string of the molecule is CCN(c1ccccc1C)S(=O)(=O)c1nnc(NC(=O)c2cccc3ccccc23)s1. The molecule has 1 aromatic heterocycles. The van der Waals surface area contributed by atoms with Crippen molar-refractivity contribution >= 4 is 48.9 Å². The van der Waals surface area contributed by atoms with Gasteiger partial charge in [-0.1, -0.05) is 65.9 Å². The van der Waals surface area contributed by atoms with Crippen molar-refractivity contribution < 1.29 is 13.2 Å². The van der Waals surface area contributed by atoms with Gasteiger partial charge in [0.1, 0.15) is 0 Å². The average Bonchev–Trinajstić information content (AvgIpc) is 3.24. The fraction of sp³-hybridized carbons (Fsp3) is 0.136. The van der Waals surface area contributed by atoms with Gasteiger partial charge in [0.15, 0.2) is 0 Å². The Labute approximate surface area is 184 Å². The van der Waals surface area contributed by atoms with E-state index in [1.54, 1.807) is 31.2 Å². The summed E-state index contributed by atoms with van der Waals surface area (Å²) >= 11 is 0.829. The Kier molecular flexibility index (Phi) is 5.71. The first-order chi connectivity index (χ1) is 14.9. The van der Waals surface area contributed by atoms with Crippen molar-refractivity contribution in [3.63, 3.8) is 0 Å². The third-order valence-corrected chi connectivity index (χ3v) is 7.92. The third kappa shape index (κ3) is 4.01. The second kappa shape index (κ2) is 8.44. The second-order valence-electron chi connectivity index (χ2n) is 6.81. The highest BCUT2D eigenvalue weighted by Gasteiger charge is 2.29. The maximum Gasteiger partial charge on any atom is 0.293 e. The maximum atomic E-state index is 13.2. The van der Waals surface area contributed by atoms with Crippen molar-refractivity contribution in [3.05, 3.63) is 77.9 Å². The molecule has 0 radical (unpaired) electrons. The molecule has 9 heteroatoms. The van der Waals surface area contributed by atoms with Crippen LogP contribution in [0.2, 0.25) is 0 Å². The number of fused-ring (bicyclic) bond motifs is 1. The van der Waals surface area contributed by atoms with Gasteiger partial charge in [0.25, 0.3) is 20.3 Å². The summed E-state index contributed by atoms with van der Waals surface area (Å²) in [6, 6.07) is 20.2. The summed E-state index contributed by atoms with van der Waals surface area (Å²) in [6.07, 6.45) is 0. The summed E-state index contributed by atoms with van der Waals surface area (Å²) in [5, 5.41) is 12.3. The molecule has 4 rings (SSSR count). The van der Waals surface area contributed by atoms with E-state index in [9.17, 15) is 13.2 Å². The topological polar surface area (TPSA) is 92.3 Å². The molecule has 0 saturated heterocycles. The van der Waals surface area contributed by atoms with Crippen molar-refractivity contribution in [2.75, 3.05) is 16.2 Å². The molecule has 1 amide bonds. The van der Waals surface area contributed by atoms with E-state index in [0.29, 0.717) is 11.3 Å². The summed E-state index contributed by atoms with van der Waals surface area (Å²) in [5.74, 6) is -0.372. The van der Waals surface area contributed by atoms with Crippen molar-refractivity contribution in [2.24, 2.45) is 0 Å². The summed E-state index contributed by atoms with van der Waals surface area (Å²) in [7, 11) is -3.91. The van der Waals surface area contributed by atoms with Gasteiger partial charge in [-0.15, -0.1) is 10.2 Å². The quantitative estimate of drug-likeness (QED) is 0.436. The van der Waals surface area contributed by atoms with Crippen LogP contribution in [0.1, 0.15) is 22.8 Å². The first-order valence-corrected chi connectivity index (χ1v) is 11.9. The molecule has 0 aliphatic rings. The summed E-state index contributed by atoms with van der Waals surface area (Å²) in [5.41, 5.74) is 1.90. The van der Waals surface area contributed by atoms with Gasteiger partial charge in [0.05, 0.1) is 5.69 Å². The monoisotopic (exact) mass is 452 g/mol. The molecule has 158 valence electrons. The lowest BCUT2D eigenvalue weighted by atomic mass is 10.0. The molecule has 0 unspecified atom stereocenters. The molecule has 1 N–H and O–H groups in total. The van der Waals surface area contributed by atoms with Crippen LogP contribution in [0.25, 0.3) is 10.8 Å². The molecular formula is C22H20N4O3S2. The Balaban J connectivity index is 1.61. The second-order valence-corrected chi connectivity index (χ2v) is 9.82. The van der Waals surface area contributed by atoms with E-state index >= 15 is 0 Å². The summed E-state index contributed by atoms with van der Waals surface area (Å²) in [4.78, 5) is 12.8. The Morgan fingerprint density at radius 2 is 1.71 bits per heavy atom. The van der Waals surface area contributed by atoms with Crippen LogP contribution in [0.15, 0.2) is 71.1 Å². The number of benzene rings is 3. The van der Waals surface area contributed by atoms with Gasteiger partial charge in [-0.2, -0.15) is 8.42 Å². The minimum Gasteiger partial charge on any atom is -0.296 e. The highest BCUT2D eigenvalue weighted by molar-refractivity contribution is 7.94. The van der Waals surface area contributed by atoms with Crippen LogP contribution in [0.5, 0.6) is 0 Å². The van der Waals surface area contributed by atoms with E-state index in [2.05, 4.69) is 15.5 Å². The molecule has 4 aromatic rings. The van der Waals surface area contributed by atoms with Gasteiger partial charge in [-0.05, 0) is 42.3 Å². The molecule has 3 aromatic carbocycles. The first kappa shape index (κ1) is 21.0. The number of sulfonamides is 1. The van der Waals surface area contributed by atoms with Crippen LogP contribution >= 0.6 is 11.3 Å². The van der Waals surface area contributed by atoms with Crippen LogP contribution in [0, 0.1) is 6.92 Å². The molecule has 0 saturated carbocycles. The van der Waals surface area contributed by atoms with Crippen LogP contribution in [-0.2, 0) is 10.0 Å². The van der Waals surface area contributed by atoms with Crippen molar-refractivity contribution in [1.29, 1.82) is 0 Å². The Hall–Kier alpha value is -3.30. The predicted molar refractivity (Wildman–Crippen MR) is 123 cm³/mol. The fourth-order valence-corrected chi connectivity index (χ4v) is 5.90. The molecule has 0 fully saturated rings. The first-order valence-electron chi connectivity index (χ1n) is 9.63. The maximum absolute atomic E-state index is 13.2. The number of carbonyl (C=O) groups excluding carboxylic acids is 1. The number of anilines is 2. The van der Waals surface area contributed by atoms with E-state index in [4.69, 9.17) is 0 Å². The summed E-state index contributed by atoms with van der Waals surface area (Å²) < 4.78 is 27.5. The molecule has 0 aliphatic heterocycles. The van der Waals surface area contributed by atoms with Gasteiger partial charge in [0.2, 0.25) is 5.13 Å². The minimum atomic E-state index is -3.91. The van der Waals surface area contributed by atoms with Crippen molar-refractivity contribution in [1.82, 2.24) is 10.2 Å². The zero-order valence-corrected chi connectivity index (χ0v) is 18.6.